The van der Waals surface area contributed by atoms with Crippen LogP contribution in [0.15, 0.2) is 88.9 Å². The van der Waals surface area contributed by atoms with E-state index in [-0.39, 0.29) is 6.54 Å². The van der Waals surface area contributed by atoms with Crippen LogP contribution in [-0.2, 0) is 16.6 Å². The van der Waals surface area contributed by atoms with E-state index in [0.29, 0.717) is 11.4 Å². The summed E-state index contributed by atoms with van der Waals surface area (Å²) in [5, 5.41) is 1.22. The van der Waals surface area contributed by atoms with E-state index in [4.69, 9.17) is 4.42 Å². The molecule has 5 heteroatoms. The lowest BCUT2D eigenvalue weighted by molar-refractivity contribution is 0.509. The van der Waals surface area contributed by atoms with Crippen LogP contribution < -0.4 is 4.31 Å². The maximum atomic E-state index is 12.8. The van der Waals surface area contributed by atoms with Crippen molar-refractivity contribution in [1.82, 2.24) is 0 Å². The maximum absolute atomic E-state index is 12.8. The van der Waals surface area contributed by atoms with Gasteiger partial charge in [0.25, 0.3) is 10.0 Å². The van der Waals surface area contributed by atoms with Crippen LogP contribution in [-0.4, -0.2) is 8.42 Å². The summed E-state index contributed by atoms with van der Waals surface area (Å²) in [5.41, 5.74) is 1.42. The SMILES string of the molecule is O=S(=O)(/C=C/c1ccccc1)N(Cc1ccco1)c1ccccc1. The van der Waals surface area contributed by atoms with Gasteiger partial charge >= 0.3 is 0 Å². The van der Waals surface area contributed by atoms with Gasteiger partial charge < -0.3 is 4.42 Å². The number of para-hydroxylation sites is 1. The minimum Gasteiger partial charge on any atom is -0.467 e. The van der Waals surface area contributed by atoms with Crippen molar-refractivity contribution in [3.63, 3.8) is 0 Å². The Morgan fingerprint density at radius 3 is 2.17 bits per heavy atom. The van der Waals surface area contributed by atoms with Crippen LogP contribution in [0.2, 0.25) is 0 Å². The van der Waals surface area contributed by atoms with Crippen LogP contribution in [0.3, 0.4) is 0 Å². The lowest BCUT2D eigenvalue weighted by atomic mass is 10.2. The Bertz CT molecular complexity index is 886. The first-order chi connectivity index (χ1) is 11.6. The molecule has 122 valence electrons. The Hall–Kier alpha value is -2.79. The van der Waals surface area contributed by atoms with Crippen LogP contribution >= 0.6 is 0 Å². The minimum absolute atomic E-state index is 0.137. The van der Waals surface area contributed by atoms with Gasteiger partial charge in [-0.1, -0.05) is 48.5 Å². The summed E-state index contributed by atoms with van der Waals surface area (Å²) in [5.74, 6) is 0.579. The Labute approximate surface area is 141 Å². The Morgan fingerprint density at radius 2 is 1.54 bits per heavy atom. The zero-order chi connectivity index (χ0) is 16.8. The van der Waals surface area contributed by atoms with Crippen molar-refractivity contribution in [2.75, 3.05) is 4.31 Å². The highest BCUT2D eigenvalue weighted by Gasteiger charge is 2.21. The third-order valence-electron chi connectivity index (χ3n) is 3.46. The predicted octanol–water partition coefficient (Wildman–Crippen LogP) is 4.29. The number of furan rings is 1. The molecule has 3 rings (SSSR count). The second-order valence-corrected chi connectivity index (χ2v) is 6.92. The third kappa shape index (κ3) is 3.94. The second-order valence-electron chi connectivity index (χ2n) is 5.18. The first-order valence-corrected chi connectivity index (χ1v) is 8.99. The van der Waals surface area contributed by atoms with Crippen LogP contribution in [0.25, 0.3) is 6.08 Å². The third-order valence-corrected chi connectivity index (χ3v) is 4.90. The summed E-state index contributed by atoms with van der Waals surface area (Å²) in [6.45, 7) is 0.137. The standard InChI is InChI=1S/C19H17NO3S/c21-24(22,15-13-17-8-3-1-4-9-17)20(16-19-12-7-14-23-19)18-10-5-2-6-11-18/h1-15H,16H2/b15-13+. The first-order valence-electron chi connectivity index (χ1n) is 7.48. The van der Waals surface area contributed by atoms with Crippen molar-refractivity contribution >= 4 is 21.8 Å². The normalized spacial score (nSPS) is 11.7. The van der Waals surface area contributed by atoms with Gasteiger partial charge in [0, 0.05) is 0 Å². The van der Waals surface area contributed by atoms with Crippen molar-refractivity contribution in [3.05, 3.63) is 95.8 Å². The summed E-state index contributed by atoms with van der Waals surface area (Å²) >= 11 is 0. The van der Waals surface area contributed by atoms with E-state index >= 15 is 0 Å². The molecular weight excluding hydrogens is 322 g/mol. The zero-order valence-electron chi connectivity index (χ0n) is 12.9. The molecule has 0 fully saturated rings. The van der Waals surface area contributed by atoms with E-state index < -0.39 is 10.0 Å². The molecule has 0 radical (unpaired) electrons. The lowest BCUT2D eigenvalue weighted by Crippen LogP contribution is -2.28. The summed E-state index contributed by atoms with van der Waals surface area (Å²) < 4.78 is 32.3. The highest BCUT2D eigenvalue weighted by atomic mass is 32.2. The average molecular weight is 339 g/mol. The highest BCUT2D eigenvalue weighted by Crippen LogP contribution is 2.22. The van der Waals surface area contributed by atoms with Crippen molar-refractivity contribution in [2.45, 2.75) is 6.54 Å². The Morgan fingerprint density at radius 1 is 0.875 bits per heavy atom. The van der Waals surface area contributed by atoms with E-state index in [1.807, 2.05) is 36.4 Å². The number of hydrogen-bond acceptors (Lipinski definition) is 3. The topological polar surface area (TPSA) is 50.5 Å². The fraction of sp³-hybridized carbons (Fsp3) is 0.0526. The number of sulfonamides is 1. The minimum atomic E-state index is -3.66. The van der Waals surface area contributed by atoms with Gasteiger partial charge in [-0.3, -0.25) is 4.31 Å². The summed E-state index contributed by atoms with van der Waals surface area (Å²) in [7, 11) is -3.66. The number of nitrogens with zero attached hydrogens (tertiary/aromatic N) is 1. The number of rotatable bonds is 6. The largest absolute Gasteiger partial charge is 0.467 e. The molecule has 0 aliphatic heterocycles. The number of benzene rings is 2. The number of anilines is 1. The quantitative estimate of drug-likeness (QED) is 0.673. The van der Waals surface area contributed by atoms with Crippen LogP contribution in [0, 0.1) is 0 Å². The first kappa shape index (κ1) is 16.1. The van der Waals surface area contributed by atoms with E-state index in [2.05, 4.69) is 0 Å². The van der Waals surface area contributed by atoms with Crippen molar-refractivity contribution in [2.24, 2.45) is 0 Å². The number of hydrogen-bond donors (Lipinski definition) is 0. The van der Waals surface area contributed by atoms with Crippen molar-refractivity contribution in [1.29, 1.82) is 0 Å². The molecule has 0 spiro atoms. The highest BCUT2D eigenvalue weighted by molar-refractivity contribution is 7.95. The van der Waals surface area contributed by atoms with Gasteiger partial charge in [0.15, 0.2) is 0 Å². The molecule has 3 aromatic rings. The lowest BCUT2D eigenvalue weighted by Gasteiger charge is -2.21. The molecule has 0 unspecified atom stereocenters. The van der Waals surface area contributed by atoms with Crippen LogP contribution in [0.5, 0.6) is 0 Å². The zero-order valence-corrected chi connectivity index (χ0v) is 13.8. The molecule has 0 aliphatic carbocycles. The Balaban J connectivity index is 1.93. The molecule has 0 aliphatic rings. The molecule has 24 heavy (non-hydrogen) atoms. The predicted molar refractivity (Wildman–Crippen MR) is 95.7 cm³/mol. The van der Waals surface area contributed by atoms with E-state index in [1.54, 1.807) is 42.5 Å². The molecule has 0 N–H and O–H groups in total. The fourth-order valence-corrected chi connectivity index (χ4v) is 3.47. The molecule has 1 aromatic heterocycles. The smallest absolute Gasteiger partial charge is 0.257 e. The summed E-state index contributed by atoms with van der Waals surface area (Å²) in [6.07, 6.45) is 3.12. The van der Waals surface area contributed by atoms with Gasteiger partial charge in [-0.15, -0.1) is 0 Å². The monoisotopic (exact) mass is 339 g/mol. The second kappa shape index (κ2) is 7.19. The maximum Gasteiger partial charge on any atom is 0.257 e. The summed E-state index contributed by atoms with van der Waals surface area (Å²) in [4.78, 5) is 0. The summed E-state index contributed by atoms with van der Waals surface area (Å²) in [6, 6.07) is 21.8. The molecule has 2 aromatic carbocycles. The van der Waals surface area contributed by atoms with Gasteiger partial charge in [-0.05, 0) is 35.9 Å². The van der Waals surface area contributed by atoms with Crippen molar-refractivity contribution in [3.8, 4) is 0 Å². The molecular formula is C19H17NO3S. The molecule has 4 nitrogen and oxygen atoms in total. The molecule has 0 saturated heterocycles. The van der Waals surface area contributed by atoms with Crippen LogP contribution in [0.1, 0.15) is 11.3 Å². The van der Waals surface area contributed by atoms with Gasteiger partial charge in [-0.25, -0.2) is 8.42 Å². The molecule has 0 bridgehead atoms. The van der Waals surface area contributed by atoms with Gasteiger partial charge in [0.1, 0.15) is 5.76 Å². The van der Waals surface area contributed by atoms with Crippen molar-refractivity contribution < 1.29 is 12.8 Å². The molecule has 0 amide bonds. The van der Waals surface area contributed by atoms with E-state index in [1.165, 1.54) is 16.0 Å². The average Bonchev–Trinajstić information content (AvgIpc) is 3.13. The fourth-order valence-electron chi connectivity index (χ4n) is 2.27. The molecule has 0 saturated carbocycles. The van der Waals surface area contributed by atoms with Gasteiger partial charge in [0.2, 0.25) is 0 Å². The van der Waals surface area contributed by atoms with Crippen LogP contribution in [0.4, 0.5) is 5.69 Å². The van der Waals surface area contributed by atoms with Gasteiger partial charge in [0.05, 0.1) is 23.9 Å². The molecule has 0 atom stereocenters. The Kier molecular flexibility index (Phi) is 4.82. The van der Waals surface area contributed by atoms with Gasteiger partial charge in [-0.2, -0.15) is 0 Å². The molecule has 1 heterocycles. The van der Waals surface area contributed by atoms with E-state index in [0.717, 1.165) is 5.56 Å². The van der Waals surface area contributed by atoms with E-state index in [9.17, 15) is 8.42 Å².